The molecule has 0 bridgehead atoms. The van der Waals surface area contributed by atoms with Gasteiger partial charge in [-0.3, -0.25) is 4.79 Å². The van der Waals surface area contributed by atoms with Gasteiger partial charge >= 0.3 is 0 Å². The number of aryl methyl sites for hydroxylation is 1. The van der Waals surface area contributed by atoms with Crippen molar-refractivity contribution in [2.45, 2.75) is 25.8 Å². The van der Waals surface area contributed by atoms with E-state index in [1.807, 2.05) is 21.7 Å². The SMILES string of the molecule is Cc1noc(-c2cn([C@H]3CCN(C(=O)Cc4ccsc4)C3)nn2)n1. The second-order valence-corrected chi connectivity index (χ2v) is 6.60. The maximum atomic E-state index is 12.4. The Balaban J connectivity index is 1.41. The van der Waals surface area contributed by atoms with Gasteiger partial charge < -0.3 is 9.42 Å². The molecule has 0 unspecified atom stereocenters. The van der Waals surface area contributed by atoms with E-state index in [2.05, 4.69) is 20.5 Å². The topological polar surface area (TPSA) is 89.9 Å². The van der Waals surface area contributed by atoms with E-state index in [-0.39, 0.29) is 11.9 Å². The fourth-order valence-corrected chi connectivity index (χ4v) is 3.49. The molecule has 124 valence electrons. The average molecular weight is 344 g/mol. The Bertz CT molecular complexity index is 840. The number of carbonyl (C=O) groups is 1. The number of thiophene rings is 1. The zero-order chi connectivity index (χ0) is 16.5. The smallest absolute Gasteiger partial charge is 0.280 e. The lowest BCUT2D eigenvalue weighted by Crippen LogP contribution is -2.30. The van der Waals surface area contributed by atoms with Crippen LogP contribution in [0.1, 0.15) is 23.9 Å². The van der Waals surface area contributed by atoms with Crippen molar-refractivity contribution in [2.24, 2.45) is 0 Å². The van der Waals surface area contributed by atoms with Crippen LogP contribution in [0.25, 0.3) is 11.6 Å². The number of amides is 1. The number of nitrogens with zero attached hydrogens (tertiary/aromatic N) is 6. The molecule has 9 heteroatoms. The molecule has 1 amide bonds. The molecule has 24 heavy (non-hydrogen) atoms. The molecule has 8 nitrogen and oxygen atoms in total. The summed E-state index contributed by atoms with van der Waals surface area (Å²) in [6, 6.07) is 2.12. The molecule has 0 aromatic carbocycles. The van der Waals surface area contributed by atoms with Gasteiger partial charge in [-0.15, -0.1) is 5.10 Å². The Labute approximate surface area is 142 Å². The first-order valence-corrected chi connectivity index (χ1v) is 8.64. The summed E-state index contributed by atoms with van der Waals surface area (Å²) in [6.07, 6.45) is 3.12. The number of hydrogen-bond donors (Lipinski definition) is 0. The summed E-state index contributed by atoms with van der Waals surface area (Å²) in [6.45, 7) is 3.14. The standard InChI is InChI=1S/C15H16N6O2S/c1-10-16-15(23-18-10)13-8-21(19-17-13)12-2-4-20(7-12)14(22)6-11-3-5-24-9-11/h3,5,8-9,12H,2,4,6-7H2,1H3/t12-/m0/s1. The number of rotatable bonds is 4. The predicted molar refractivity (Wildman–Crippen MR) is 86.3 cm³/mol. The molecule has 4 heterocycles. The van der Waals surface area contributed by atoms with Crippen molar-refractivity contribution in [1.82, 2.24) is 30.0 Å². The fraction of sp³-hybridized carbons (Fsp3) is 0.400. The van der Waals surface area contributed by atoms with Crippen molar-refractivity contribution in [1.29, 1.82) is 0 Å². The van der Waals surface area contributed by atoms with E-state index in [0.29, 0.717) is 30.4 Å². The monoisotopic (exact) mass is 344 g/mol. The number of likely N-dealkylation sites (tertiary alicyclic amines) is 1. The Kier molecular flexibility index (Phi) is 3.85. The first kappa shape index (κ1) is 15.0. The summed E-state index contributed by atoms with van der Waals surface area (Å²) in [5.74, 6) is 1.08. The van der Waals surface area contributed by atoms with Crippen LogP contribution in [0, 0.1) is 6.92 Å². The molecule has 3 aromatic rings. The first-order chi connectivity index (χ1) is 11.7. The molecular weight excluding hydrogens is 328 g/mol. The van der Waals surface area contributed by atoms with Crippen LogP contribution in [-0.2, 0) is 11.2 Å². The molecule has 1 fully saturated rings. The summed E-state index contributed by atoms with van der Waals surface area (Å²) >= 11 is 1.61. The van der Waals surface area contributed by atoms with Gasteiger partial charge in [-0.05, 0) is 35.7 Å². The van der Waals surface area contributed by atoms with Crippen LogP contribution >= 0.6 is 11.3 Å². The predicted octanol–water partition coefficient (Wildman–Crippen LogP) is 1.71. The molecule has 1 aliphatic heterocycles. The maximum Gasteiger partial charge on any atom is 0.280 e. The van der Waals surface area contributed by atoms with Crippen LogP contribution < -0.4 is 0 Å². The second-order valence-electron chi connectivity index (χ2n) is 5.82. The van der Waals surface area contributed by atoms with Gasteiger partial charge in [0.1, 0.15) is 0 Å². The third-order valence-electron chi connectivity index (χ3n) is 4.08. The largest absolute Gasteiger partial charge is 0.340 e. The summed E-state index contributed by atoms with van der Waals surface area (Å²) in [4.78, 5) is 18.4. The minimum atomic E-state index is 0.127. The number of aromatic nitrogens is 5. The van der Waals surface area contributed by atoms with Crippen molar-refractivity contribution in [3.05, 3.63) is 34.4 Å². The van der Waals surface area contributed by atoms with Crippen molar-refractivity contribution in [2.75, 3.05) is 13.1 Å². The zero-order valence-electron chi connectivity index (χ0n) is 13.1. The summed E-state index contributed by atoms with van der Waals surface area (Å²) in [7, 11) is 0. The summed E-state index contributed by atoms with van der Waals surface area (Å²) in [5.41, 5.74) is 1.63. The van der Waals surface area contributed by atoms with Crippen molar-refractivity contribution >= 4 is 17.2 Å². The van der Waals surface area contributed by atoms with Crippen LogP contribution in [0.5, 0.6) is 0 Å². The van der Waals surface area contributed by atoms with Crippen LogP contribution in [0.15, 0.2) is 27.5 Å². The van der Waals surface area contributed by atoms with E-state index >= 15 is 0 Å². The van der Waals surface area contributed by atoms with E-state index in [1.54, 1.807) is 29.1 Å². The Morgan fingerprint density at radius 2 is 2.42 bits per heavy atom. The minimum Gasteiger partial charge on any atom is -0.340 e. The highest BCUT2D eigenvalue weighted by Crippen LogP contribution is 2.23. The highest BCUT2D eigenvalue weighted by atomic mass is 32.1. The van der Waals surface area contributed by atoms with Crippen LogP contribution in [0.2, 0.25) is 0 Å². The quantitative estimate of drug-likeness (QED) is 0.716. The Morgan fingerprint density at radius 1 is 1.50 bits per heavy atom. The van der Waals surface area contributed by atoms with Crippen LogP contribution in [-0.4, -0.2) is 49.0 Å². The molecule has 0 spiro atoms. The molecule has 3 aromatic heterocycles. The van der Waals surface area contributed by atoms with Crippen molar-refractivity contribution in [3.8, 4) is 11.6 Å². The fourth-order valence-electron chi connectivity index (χ4n) is 2.82. The lowest BCUT2D eigenvalue weighted by atomic mass is 10.2. The van der Waals surface area contributed by atoms with Gasteiger partial charge in [0.05, 0.1) is 18.7 Å². The Hall–Kier alpha value is -2.55. The highest BCUT2D eigenvalue weighted by Gasteiger charge is 2.28. The normalized spacial score (nSPS) is 17.5. The molecule has 1 atom stereocenters. The molecule has 0 aliphatic carbocycles. The molecule has 1 aliphatic rings. The lowest BCUT2D eigenvalue weighted by Gasteiger charge is -2.16. The van der Waals surface area contributed by atoms with E-state index < -0.39 is 0 Å². The van der Waals surface area contributed by atoms with E-state index in [0.717, 1.165) is 18.5 Å². The first-order valence-electron chi connectivity index (χ1n) is 7.70. The van der Waals surface area contributed by atoms with Gasteiger partial charge in [-0.2, -0.15) is 16.3 Å². The zero-order valence-corrected chi connectivity index (χ0v) is 13.9. The molecule has 4 rings (SSSR count). The third kappa shape index (κ3) is 2.94. The van der Waals surface area contributed by atoms with Gasteiger partial charge in [0.2, 0.25) is 5.91 Å². The molecule has 0 radical (unpaired) electrons. The lowest BCUT2D eigenvalue weighted by molar-refractivity contribution is -0.129. The van der Waals surface area contributed by atoms with E-state index in [1.165, 1.54) is 0 Å². The molecule has 0 N–H and O–H groups in total. The number of hydrogen-bond acceptors (Lipinski definition) is 7. The third-order valence-corrected chi connectivity index (χ3v) is 4.81. The van der Waals surface area contributed by atoms with Crippen LogP contribution in [0.4, 0.5) is 0 Å². The van der Waals surface area contributed by atoms with E-state index in [9.17, 15) is 4.79 Å². The molecule has 0 saturated carbocycles. The summed E-state index contributed by atoms with van der Waals surface area (Å²) in [5, 5.41) is 16.0. The van der Waals surface area contributed by atoms with Gasteiger partial charge in [0, 0.05) is 13.1 Å². The van der Waals surface area contributed by atoms with Crippen LogP contribution in [0.3, 0.4) is 0 Å². The second kappa shape index (κ2) is 6.16. The highest BCUT2D eigenvalue weighted by molar-refractivity contribution is 7.07. The van der Waals surface area contributed by atoms with Crippen molar-refractivity contribution in [3.63, 3.8) is 0 Å². The Morgan fingerprint density at radius 3 is 3.17 bits per heavy atom. The molecule has 1 saturated heterocycles. The molecular formula is C15H16N6O2S. The van der Waals surface area contributed by atoms with Gasteiger partial charge in [0.25, 0.3) is 5.89 Å². The minimum absolute atomic E-state index is 0.127. The van der Waals surface area contributed by atoms with E-state index in [4.69, 9.17) is 4.52 Å². The maximum absolute atomic E-state index is 12.4. The van der Waals surface area contributed by atoms with Crippen molar-refractivity contribution < 1.29 is 9.32 Å². The van der Waals surface area contributed by atoms with Gasteiger partial charge in [-0.1, -0.05) is 10.4 Å². The number of carbonyl (C=O) groups excluding carboxylic acids is 1. The average Bonchev–Trinajstić information content (AvgIpc) is 3.34. The van der Waals surface area contributed by atoms with Gasteiger partial charge in [-0.25, -0.2) is 4.68 Å². The van der Waals surface area contributed by atoms with Gasteiger partial charge in [0.15, 0.2) is 11.5 Å². The summed E-state index contributed by atoms with van der Waals surface area (Å²) < 4.78 is 6.89.